The minimum Gasteiger partial charge on any atom is -0.465 e. The minimum absolute atomic E-state index is 0.626. The number of hydrogen-bond donors (Lipinski definition) is 1. The number of piperidine rings is 1. The van der Waals surface area contributed by atoms with Crippen molar-refractivity contribution in [2.75, 3.05) is 20.1 Å². The standard InChI is InChI=1S/C14H24N2O/c1-4-12-5-6-13(17-12)9-15-14-7-8-16(3)10-11(14)2/h5-6,11,14-15H,4,7-10H2,1-3H3. The van der Waals surface area contributed by atoms with Crippen LogP contribution in [0.4, 0.5) is 0 Å². The summed E-state index contributed by atoms with van der Waals surface area (Å²) in [5, 5.41) is 3.63. The molecule has 0 bridgehead atoms. The quantitative estimate of drug-likeness (QED) is 0.869. The first-order chi connectivity index (χ1) is 8.19. The molecule has 2 atom stereocenters. The van der Waals surface area contributed by atoms with Gasteiger partial charge in [0.1, 0.15) is 11.5 Å². The lowest BCUT2D eigenvalue weighted by molar-refractivity contribution is 0.172. The van der Waals surface area contributed by atoms with Crippen molar-refractivity contribution in [1.29, 1.82) is 0 Å². The van der Waals surface area contributed by atoms with Gasteiger partial charge in [-0.05, 0) is 38.1 Å². The summed E-state index contributed by atoms with van der Waals surface area (Å²) in [7, 11) is 2.20. The van der Waals surface area contributed by atoms with E-state index in [0.29, 0.717) is 12.0 Å². The molecule has 96 valence electrons. The maximum atomic E-state index is 5.71. The van der Waals surface area contributed by atoms with Gasteiger partial charge in [-0.1, -0.05) is 13.8 Å². The van der Waals surface area contributed by atoms with Crippen molar-refractivity contribution in [2.45, 2.75) is 39.3 Å². The second-order valence-electron chi connectivity index (χ2n) is 5.24. The Bertz CT molecular complexity index is 348. The summed E-state index contributed by atoms with van der Waals surface area (Å²) < 4.78 is 5.71. The Morgan fingerprint density at radius 3 is 2.82 bits per heavy atom. The van der Waals surface area contributed by atoms with Gasteiger partial charge < -0.3 is 14.6 Å². The van der Waals surface area contributed by atoms with Gasteiger partial charge in [0.05, 0.1) is 6.54 Å². The van der Waals surface area contributed by atoms with Crippen molar-refractivity contribution >= 4 is 0 Å². The van der Waals surface area contributed by atoms with Crippen LogP contribution in [0, 0.1) is 5.92 Å². The average Bonchev–Trinajstić information content (AvgIpc) is 2.76. The predicted octanol–water partition coefficient (Wildman–Crippen LogP) is 2.27. The molecule has 0 radical (unpaired) electrons. The fourth-order valence-corrected chi connectivity index (χ4v) is 2.60. The van der Waals surface area contributed by atoms with Gasteiger partial charge in [-0.2, -0.15) is 0 Å². The molecular formula is C14H24N2O. The summed E-state index contributed by atoms with van der Waals surface area (Å²) in [6, 6.07) is 4.79. The van der Waals surface area contributed by atoms with Crippen molar-refractivity contribution < 1.29 is 4.42 Å². The van der Waals surface area contributed by atoms with Gasteiger partial charge in [0.15, 0.2) is 0 Å². The fourth-order valence-electron chi connectivity index (χ4n) is 2.60. The molecule has 1 aliphatic rings. The van der Waals surface area contributed by atoms with E-state index in [1.807, 2.05) is 0 Å². The van der Waals surface area contributed by atoms with E-state index in [0.717, 1.165) is 24.5 Å². The summed E-state index contributed by atoms with van der Waals surface area (Å²) in [6.45, 7) is 7.69. The van der Waals surface area contributed by atoms with Crippen LogP contribution in [-0.4, -0.2) is 31.1 Å². The van der Waals surface area contributed by atoms with Crippen LogP contribution in [0.3, 0.4) is 0 Å². The Morgan fingerprint density at radius 1 is 1.41 bits per heavy atom. The molecule has 1 aromatic rings. The van der Waals surface area contributed by atoms with Crippen molar-refractivity contribution in [3.8, 4) is 0 Å². The number of nitrogens with zero attached hydrogens (tertiary/aromatic N) is 1. The highest BCUT2D eigenvalue weighted by molar-refractivity contribution is 5.07. The molecule has 1 saturated heterocycles. The third kappa shape index (κ3) is 3.33. The van der Waals surface area contributed by atoms with Crippen molar-refractivity contribution in [3.63, 3.8) is 0 Å². The molecule has 0 aromatic carbocycles. The summed E-state index contributed by atoms with van der Waals surface area (Å²) >= 11 is 0. The maximum Gasteiger partial charge on any atom is 0.117 e. The van der Waals surface area contributed by atoms with E-state index < -0.39 is 0 Å². The normalized spacial score (nSPS) is 26.3. The molecule has 3 heteroatoms. The van der Waals surface area contributed by atoms with Gasteiger partial charge in [-0.25, -0.2) is 0 Å². The molecule has 17 heavy (non-hydrogen) atoms. The number of furan rings is 1. The fraction of sp³-hybridized carbons (Fsp3) is 0.714. The second kappa shape index (κ2) is 5.69. The van der Waals surface area contributed by atoms with Gasteiger partial charge in [0.2, 0.25) is 0 Å². The largest absolute Gasteiger partial charge is 0.465 e. The monoisotopic (exact) mass is 236 g/mol. The maximum absolute atomic E-state index is 5.71. The zero-order chi connectivity index (χ0) is 12.3. The molecule has 1 N–H and O–H groups in total. The SMILES string of the molecule is CCc1ccc(CNC2CCN(C)CC2C)o1. The zero-order valence-electron chi connectivity index (χ0n) is 11.2. The zero-order valence-corrected chi connectivity index (χ0v) is 11.2. The van der Waals surface area contributed by atoms with E-state index in [9.17, 15) is 0 Å². The van der Waals surface area contributed by atoms with Gasteiger partial charge >= 0.3 is 0 Å². The summed E-state index contributed by atoms with van der Waals surface area (Å²) in [6.07, 6.45) is 2.21. The van der Waals surface area contributed by atoms with Crippen molar-refractivity contribution in [1.82, 2.24) is 10.2 Å². The highest BCUT2D eigenvalue weighted by atomic mass is 16.3. The van der Waals surface area contributed by atoms with E-state index in [-0.39, 0.29) is 0 Å². The van der Waals surface area contributed by atoms with Crippen LogP contribution in [0.2, 0.25) is 0 Å². The van der Waals surface area contributed by atoms with Crippen LogP contribution in [0.15, 0.2) is 16.5 Å². The third-order valence-corrected chi connectivity index (χ3v) is 3.71. The van der Waals surface area contributed by atoms with Gasteiger partial charge in [-0.3, -0.25) is 0 Å². The molecule has 2 unspecified atom stereocenters. The third-order valence-electron chi connectivity index (χ3n) is 3.71. The number of rotatable bonds is 4. The van der Waals surface area contributed by atoms with Crippen LogP contribution in [0.25, 0.3) is 0 Å². The van der Waals surface area contributed by atoms with Crippen molar-refractivity contribution in [2.24, 2.45) is 5.92 Å². The first-order valence-electron chi connectivity index (χ1n) is 6.68. The molecule has 0 aliphatic carbocycles. The lowest BCUT2D eigenvalue weighted by Crippen LogP contribution is -2.46. The Kier molecular flexibility index (Phi) is 4.24. The molecule has 1 fully saturated rings. The lowest BCUT2D eigenvalue weighted by atomic mass is 9.94. The summed E-state index contributed by atoms with van der Waals surface area (Å²) in [5.74, 6) is 2.86. The molecule has 0 saturated carbocycles. The van der Waals surface area contributed by atoms with Crippen LogP contribution < -0.4 is 5.32 Å². The highest BCUT2D eigenvalue weighted by Crippen LogP contribution is 2.16. The average molecular weight is 236 g/mol. The molecule has 2 rings (SSSR count). The van der Waals surface area contributed by atoms with Crippen LogP contribution in [0.1, 0.15) is 31.8 Å². The molecule has 1 aromatic heterocycles. The number of likely N-dealkylation sites (tertiary alicyclic amines) is 1. The van der Waals surface area contributed by atoms with E-state index in [1.165, 1.54) is 19.5 Å². The molecule has 2 heterocycles. The van der Waals surface area contributed by atoms with Crippen LogP contribution in [-0.2, 0) is 13.0 Å². The molecule has 1 aliphatic heterocycles. The molecular weight excluding hydrogens is 212 g/mol. The van der Waals surface area contributed by atoms with Gasteiger partial charge in [-0.15, -0.1) is 0 Å². The highest BCUT2D eigenvalue weighted by Gasteiger charge is 2.23. The van der Waals surface area contributed by atoms with Gasteiger partial charge in [0.25, 0.3) is 0 Å². The lowest BCUT2D eigenvalue weighted by Gasteiger charge is -2.35. The molecule has 0 spiro atoms. The Morgan fingerprint density at radius 2 is 2.18 bits per heavy atom. The van der Waals surface area contributed by atoms with Crippen LogP contribution in [0.5, 0.6) is 0 Å². The first kappa shape index (κ1) is 12.7. The topological polar surface area (TPSA) is 28.4 Å². The smallest absolute Gasteiger partial charge is 0.117 e. The first-order valence-corrected chi connectivity index (χ1v) is 6.68. The minimum atomic E-state index is 0.626. The Balaban J connectivity index is 1.81. The van der Waals surface area contributed by atoms with Gasteiger partial charge in [0, 0.05) is 19.0 Å². The van der Waals surface area contributed by atoms with E-state index in [1.54, 1.807) is 0 Å². The van der Waals surface area contributed by atoms with E-state index in [2.05, 4.69) is 43.2 Å². The summed E-state index contributed by atoms with van der Waals surface area (Å²) in [4.78, 5) is 2.41. The molecule has 0 amide bonds. The van der Waals surface area contributed by atoms with Crippen LogP contribution >= 0.6 is 0 Å². The predicted molar refractivity (Wildman–Crippen MR) is 70.0 cm³/mol. The number of nitrogens with one attached hydrogen (secondary N) is 1. The summed E-state index contributed by atoms with van der Waals surface area (Å²) in [5.41, 5.74) is 0. The Hall–Kier alpha value is -0.800. The molecule has 3 nitrogen and oxygen atoms in total. The number of hydrogen-bond acceptors (Lipinski definition) is 3. The van der Waals surface area contributed by atoms with Crippen molar-refractivity contribution in [3.05, 3.63) is 23.7 Å². The number of aryl methyl sites for hydroxylation is 1. The second-order valence-corrected chi connectivity index (χ2v) is 5.24. The Labute approximate surface area is 104 Å². The van der Waals surface area contributed by atoms with E-state index in [4.69, 9.17) is 4.42 Å². The van der Waals surface area contributed by atoms with E-state index >= 15 is 0 Å².